The van der Waals surface area contributed by atoms with Gasteiger partial charge in [-0.2, -0.15) is 0 Å². The van der Waals surface area contributed by atoms with Gasteiger partial charge in [-0.3, -0.25) is 4.79 Å². The monoisotopic (exact) mass is 248 g/mol. The number of hydrogen-bond donors (Lipinski definition) is 2. The molecule has 0 radical (unpaired) electrons. The molecule has 2 rings (SSSR count). The normalized spacial score (nSPS) is 10.2. The Morgan fingerprint density at radius 2 is 2.35 bits per heavy atom. The molecule has 0 unspecified atom stereocenters. The lowest BCUT2D eigenvalue weighted by Gasteiger charge is -2.05. The number of phenolic OH excluding ortho intramolecular Hbond substituents is 1. The van der Waals surface area contributed by atoms with Gasteiger partial charge in [0, 0.05) is 17.1 Å². The van der Waals surface area contributed by atoms with E-state index in [0.29, 0.717) is 5.69 Å². The van der Waals surface area contributed by atoms with E-state index in [0.717, 1.165) is 11.3 Å². The first-order chi connectivity index (χ1) is 8.15. The summed E-state index contributed by atoms with van der Waals surface area (Å²) in [6.45, 7) is 1.80. The molecule has 0 fully saturated rings. The number of aromatic hydroxyl groups is 1. The number of rotatable bonds is 3. The average molecular weight is 248 g/mol. The van der Waals surface area contributed by atoms with Gasteiger partial charge in [0.25, 0.3) is 0 Å². The molecule has 1 aromatic carbocycles. The summed E-state index contributed by atoms with van der Waals surface area (Å²) in [7, 11) is 0. The SMILES string of the molecule is Cc1ccc(NC(=O)Cc2cscn2)cc1O. The van der Waals surface area contributed by atoms with Gasteiger partial charge in [-0.1, -0.05) is 6.07 Å². The van der Waals surface area contributed by atoms with Crippen LogP contribution in [0.15, 0.2) is 29.1 Å². The van der Waals surface area contributed by atoms with E-state index in [4.69, 9.17) is 0 Å². The molecular formula is C12H12N2O2S. The Balaban J connectivity index is 2.00. The topological polar surface area (TPSA) is 62.2 Å². The third-order valence-corrected chi connectivity index (χ3v) is 2.95. The molecule has 2 N–H and O–H groups in total. The molecule has 88 valence electrons. The molecule has 1 aromatic heterocycles. The second kappa shape index (κ2) is 4.97. The summed E-state index contributed by atoms with van der Waals surface area (Å²) < 4.78 is 0. The van der Waals surface area contributed by atoms with Crippen molar-refractivity contribution in [2.24, 2.45) is 0 Å². The Bertz CT molecular complexity index is 523. The van der Waals surface area contributed by atoms with Crippen LogP contribution in [0.25, 0.3) is 0 Å². The second-order valence-corrected chi connectivity index (χ2v) is 4.42. The van der Waals surface area contributed by atoms with Gasteiger partial charge in [0.05, 0.1) is 17.6 Å². The van der Waals surface area contributed by atoms with Crippen molar-refractivity contribution in [2.75, 3.05) is 5.32 Å². The van der Waals surface area contributed by atoms with Crippen LogP contribution in [0.2, 0.25) is 0 Å². The van der Waals surface area contributed by atoms with Crippen molar-refractivity contribution in [1.82, 2.24) is 4.98 Å². The van der Waals surface area contributed by atoms with Crippen molar-refractivity contribution in [3.63, 3.8) is 0 Å². The van der Waals surface area contributed by atoms with Crippen molar-refractivity contribution in [2.45, 2.75) is 13.3 Å². The van der Waals surface area contributed by atoms with E-state index in [1.807, 2.05) is 5.38 Å². The molecule has 0 aliphatic rings. The number of phenols is 1. The predicted octanol–water partition coefficient (Wildman–Crippen LogP) is 2.34. The van der Waals surface area contributed by atoms with Crippen molar-refractivity contribution in [3.8, 4) is 5.75 Å². The molecule has 0 bridgehead atoms. The number of nitrogens with one attached hydrogen (secondary N) is 1. The van der Waals surface area contributed by atoms with Crippen LogP contribution in [-0.4, -0.2) is 16.0 Å². The van der Waals surface area contributed by atoms with E-state index in [-0.39, 0.29) is 18.1 Å². The number of thiazole rings is 1. The number of aryl methyl sites for hydroxylation is 1. The van der Waals surface area contributed by atoms with Gasteiger partial charge in [0.2, 0.25) is 5.91 Å². The van der Waals surface area contributed by atoms with E-state index >= 15 is 0 Å². The van der Waals surface area contributed by atoms with E-state index in [9.17, 15) is 9.90 Å². The predicted molar refractivity (Wildman–Crippen MR) is 67.3 cm³/mol. The van der Waals surface area contributed by atoms with E-state index in [2.05, 4.69) is 10.3 Å². The minimum atomic E-state index is -0.140. The lowest BCUT2D eigenvalue weighted by molar-refractivity contribution is -0.115. The molecule has 5 heteroatoms. The van der Waals surface area contributed by atoms with E-state index < -0.39 is 0 Å². The summed E-state index contributed by atoms with van der Waals surface area (Å²) in [5.41, 5.74) is 3.82. The number of carbonyl (C=O) groups excluding carboxylic acids is 1. The Hall–Kier alpha value is -1.88. The fourth-order valence-corrected chi connectivity index (χ4v) is 1.94. The quantitative estimate of drug-likeness (QED) is 0.876. The lowest BCUT2D eigenvalue weighted by atomic mass is 10.2. The molecule has 0 spiro atoms. The smallest absolute Gasteiger partial charge is 0.230 e. The minimum Gasteiger partial charge on any atom is -0.508 e. The summed E-state index contributed by atoms with van der Waals surface area (Å²) >= 11 is 1.46. The van der Waals surface area contributed by atoms with Crippen LogP contribution in [0.1, 0.15) is 11.3 Å². The summed E-state index contributed by atoms with van der Waals surface area (Å²) in [6, 6.07) is 5.05. The average Bonchev–Trinajstić information content (AvgIpc) is 2.76. The summed E-state index contributed by atoms with van der Waals surface area (Å²) in [4.78, 5) is 15.7. The Morgan fingerprint density at radius 3 is 3.00 bits per heavy atom. The van der Waals surface area contributed by atoms with Crippen molar-refractivity contribution in [1.29, 1.82) is 0 Å². The fraction of sp³-hybridized carbons (Fsp3) is 0.167. The standard InChI is InChI=1S/C12H12N2O2S/c1-8-2-3-9(4-11(8)15)14-12(16)5-10-6-17-7-13-10/h2-4,6-7,15H,5H2,1H3,(H,14,16). The van der Waals surface area contributed by atoms with Crippen LogP contribution in [0, 0.1) is 6.92 Å². The molecule has 0 aliphatic carbocycles. The minimum absolute atomic E-state index is 0.140. The Morgan fingerprint density at radius 1 is 1.53 bits per heavy atom. The zero-order valence-electron chi connectivity index (χ0n) is 9.30. The highest BCUT2D eigenvalue weighted by atomic mass is 32.1. The second-order valence-electron chi connectivity index (χ2n) is 3.71. The Kier molecular flexibility index (Phi) is 3.39. The highest BCUT2D eigenvalue weighted by Gasteiger charge is 2.06. The van der Waals surface area contributed by atoms with Gasteiger partial charge >= 0.3 is 0 Å². The maximum absolute atomic E-state index is 11.6. The molecule has 0 aliphatic heterocycles. The molecule has 4 nitrogen and oxygen atoms in total. The third-order valence-electron chi connectivity index (χ3n) is 2.32. The van der Waals surface area contributed by atoms with Gasteiger partial charge in [-0.25, -0.2) is 4.98 Å². The summed E-state index contributed by atoms with van der Waals surface area (Å²) in [5, 5.41) is 14.1. The van der Waals surface area contributed by atoms with Crippen LogP contribution in [0.4, 0.5) is 5.69 Å². The van der Waals surface area contributed by atoms with Crippen LogP contribution < -0.4 is 5.32 Å². The van der Waals surface area contributed by atoms with E-state index in [1.165, 1.54) is 17.4 Å². The molecule has 2 aromatic rings. The largest absolute Gasteiger partial charge is 0.508 e. The Labute approximate surface area is 103 Å². The zero-order chi connectivity index (χ0) is 12.3. The molecule has 0 atom stereocenters. The number of anilines is 1. The van der Waals surface area contributed by atoms with Crippen molar-refractivity contribution < 1.29 is 9.90 Å². The lowest BCUT2D eigenvalue weighted by Crippen LogP contribution is -2.14. The molecule has 17 heavy (non-hydrogen) atoms. The molecule has 1 amide bonds. The first-order valence-corrected chi connectivity index (χ1v) is 6.06. The maximum Gasteiger partial charge on any atom is 0.230 e. The zero-order valence-corrected chi connectivity index (χ0v) is 10.1. The van der Waals surface area contributed by atoms with Gasteiger partial charge < -0.3 is 10.4 Å². The van der Waals surface area contributed by atoms with Crippen LogP contribution in [0.3, 0.4) is 0 Å². The molecule has 0 saturated carbocycles. The fourth-order valence-electron chi connectivity index (χ4n) is 1.38. The van der Waals surface area contributed by atoms with Crippen molar-refractivity contribution in [3.05, 3.63) is 40.3 Å². The van der Waals surface area contributed by atoms with Gasteiger partial charge in [0.1, 0.15) is 5.75 Å². The summed E-state index contributed by atoms with van der Waals surface area (Å²) in [5.74, 6) is 0.0376. The highest BCUT2D eigenvalue weighted by Crippen LogP contribution is 2.20. The van der Waals surface area contributed by atoms with Gasteiger partial charge in [-0.15, -0.1) is 11.3 Å². The number of carbonyl (C=O) groups is 1. The number of hydrogen-bond acceptors (Lipinski definition) is 4. The van der Waals surface area contributed by atoms with Crippen LogP contribution in [0.5, 0.6) is 5.75 Å². The molecular weight excluding hydrogens is 236 g/mol. The van der Waals surface area contributed by atoms with Gasteiger partial charge in [0.15, 0.2) is 0 Å². The first kappa shape index (κ1) is 11.6. The number of amides is 1. The van der Waals surface area contributed by atoms with E-state index in [1.54, 1.807) is 24.6 Å². The molecule has 1 heterocycles. The maximum atomic E-state index is 11.6. The van der Waals surface area contributed by atoms with Crippen LogP contribution in [-0.2, 0) is 11.2 Å². The number of nitrogens with zero attached hydrogens (tertiary/aromatic N) is 1. The van der Waals surface area contributed by atoms with Crippen molar-refractivity contribution >= 4 is 22.9 Å². The van der Waals surface area contributed by atoms with Crippen LogP contribution >= 0.6 is 11.3 Å². The summed E-state index contributed by atoms with van der Waals surface area (Å²) in [6.07, 6.45) is 0.248. The number of aromatic nitrogens is 1. The number of benzene rings is 1. The highest BCUT2D eigenvalue weighted by molar-refractivity contribution is 7.07. The van der Waals surface area contributed by atoms with Gasteiger partial charge in [-0.05, 0) is 18.6 Å². The third kappa shape index (κ3) is 3.04. The first-order valence-electron chi connectivity index (χ1n) is 5.11. The molecule has 0 saturated heterocycles.